The van der Waals surface area contributed by atoms with Gasteiger partial charge in [0.2, 0.25) is 5.91 Å². The van der Waals surface area contributed by atoms with Gasteiger partial charge in [-0.05, 0) is 67.5 Å². The number of H-pyrrole nitrogens is 1. The minimum atomic E-state index is -0.368. The van der Waals surface area contributed by atoms with E-state index in [-0.39, 0.29) is 24.0 Å². The van der Waals surface area contributed by atoms with Gasteiger partial charge in [0, 0.05) is 49.1 Å². The number of aromatic nitrogens is 2. The zero-order valence-electron chi connectivity index (χ0n) is 21.0. The standard InChI is InChI=1S/C29H33N5O3/c35-28-26(8-4-12-30-28)34-17-18-13-20(10-11-22(18)29(34)36)37-27-9-2-1-7-25(27)33-15-19(16-33)21-5-3-6-24-23(21)14-31-32-24/h3,5-6,10-11,13-14,19,25-27H,1-2,4,7-9,12,15-17H2,(H,30,35)(H,31,32). The van der Waals surface area contributed by atoms with E-state index < -0.39 is 0 Å². The van der Waals surface area contributed by atoms with Gasteiger partial charge in [0.05, 0.1) is 11.7 Å². The minimum absolute atomic E-state index is 0.0363. The quantitative estimate of drug-likeness (QED) is 0.560. The van der Waals surface area contributed by atoms with E-state index in [1.165, 1.54) is 23.8 Å². The monoisotopic (exact) mass is 499 g/mol. The van der Waals surface area contributed by atoms with Gasteiger partial charge in [0.1, 0.15) is 17.9 Å². The molecule has 192 valence electrons. The SMILES string of the molecule is O=C1NCCCC1N1Cc2cc(OC3CCCCC3N3CC(c4cccc5[nH]ncc45)C3)ccc2C1=O. The second-order valence-electron chi connectivity index (χ2n) is 11.0. The third-order valence-electron chi connectivity index (χ3n) is 8.83. The first-order chi connectivity index (χ1) is 18.2. The van der Waals surface area contributed by atoms with Crippen LogP contribution in [-0.2, 0) is 11.3 Å². The van der Waals surface area contributed by atoms with E-state index in [1.54, 1.807) is 4.90 Å². The first kappa shape index (κ1) is 22.8. The second-order valence-corrected chi connectivity index (χ2v) is 11.0. The number of carbonyl (C=O) groups excluding carboxylic acids is 2. The Morgan fingerprint density at radius 1 is 1.00 bits per heavy atom. The molecule has 1 saturated carbocycles. The maximum Gasteiger partial charge on any atom is 0.255 e. The van der Waals surface area contributed by atoms with E-state index in [0.717, 1.165) is 55.6 Å². The Balaban J connectivity index is 1.04. The number of ether oxygens (including phenoxy) is 1. The summed E-state index contributed by atoms with van der Waals surface area (Å²) in [6.45, 7) is 3.27. The van der Waals surface area contributed by atoms with Crippen molar-refractivity contribution in [2.75, 3.05) is 19.6 Å². The maximum absolute atomic E-state index is 13.0. The molecule has 3 aromatic rings. The highest BCUT2D eigenvalue weighted by molar-refractivity contribution is 6.01. The van der Waals surface area contributed by atoms with Gasteiger partial charge in [0.25, 0.3) is 5.91 Å². The van der Waals surface area contributed by atoms with E-state index in [4.69, 9.17) is 4.74 Å². The number of likely N-dealkylation sites (tertiary alicyclic amines) is 1. The molecule has 3 unspecified atom stereocenters. The number of aromatic amines is 1. The number of nitrogens with one attached hydrogen (secondary N) is 2. The fraction of sp³-hybridized carbons (Fsp3) is 0.483. The fourth-order valence-corrected chi connectivity index (χ4v) is 6.83. The normalized spacial score (nSPS) is 26.7. The number of nitrogens with zero attached hydrogens (tertiary/aromatic N) is 3. The van der Waals surface area contributed by atoms with Gasteiger partial charge < -0.3 is 15.0 Å². The van der Waals surface area contributed by atoms with Crippen LogP contribution in [0.15, 0.2) is 42.6 Å². The summed E-state index contributed by atoms with van der Waals surface area (Å²) in [6.07, 6.45) is 8.35. The number of fused-ring (bicyclic) bond motifs is 2. The molecule has 3 atom stereocenters. The number of rotatable bonds is 5. The summed E-state index contributed by atoms with van der Waals surface area (Å²) in [5.74, 6) is 1.28. The van der Waals surface area contributed by atoms with Gasteiger partial charge in [-0.25, -0.2) is 0 Å². The summed E-state index contributed by atoms with van der Waals surface area (Å²) in [4.78, 5) is 29.7. The fourth-order valence-electron chi connectivity index (χ4n) is 6.83. The average Bonchev–Trinajstić information content (AvgIpc) is 3.49. The van der Waals surface area contributed by atoms with Gasteiger partial charge in [-0.15, -0.1) is 0 Å². The molecule has 3 fully saturated rings. The van der Waals surface area contributed by atoms with Gasteiger partial charge in [0.15, 0.2) is 0 Å². The molecule has 2 N–H and O–H groups in total. The molecule has 3 aliphatic heterocycles. The molecule has 8 nitrogen and oxygen atoms in total. The molecule has 37 heavy (non-hydrogen) atoms. The first-order valence-corrected chi connectivity index (χ1v) is 13.7. The molecular weight excluding hydrogens is 466 g/mol. The minimum Gasteiger partial charge on any atom is -0.489 e. The van der Waals surface area contributed by atoms with Crippen LogP contribution >= 0.6 is 0 Å². The third kappa shape index (κ3) is 3.98. The molecule has 0 bridgehead atoms. The number of piperidine rings is 1. The van der Waals surface area contributed by atoms with E-state index in [9.17, 15) is 9.59 Å². The number of carbonyl (C=O) groups is 2. The Morgan fingerprint density at radius 3 is 2.78 bits per heavy atom. The molecule has 0 spiro atoms. The van der Waals surface area contributed by atoms with Crippen molar-refractivity contribution in [2.24, 2.45) is 0 Å². The molecule has 2 aromatic carbocycles. The summed E-state index contributed by atoms with van der Waals surface area (Å²) in [5.41, 5.74) is 4.15. The highest BCUT2D eigenvalue weighted by Gasteiger charge is 2.41. The molecule has 1 aliphatic carbocycles. The van der Waals surface area contributed by atoms with Crippen LogP contribution in [0.2, 0.25) is 0 Å². The van der Waals surface area contributed by atoms with Crippen LogP contribution in [0, 0.1) is 0 Å². The number of hydrogen-bond acceptors (Lipinski definition) is 5. The Labute approximate surface area is 216 Å². The molecule has 4 heterocycles. The Bertz CT molecular complexity index is 1350. The van der Waals surface area contributed by atoms with Crippen LogP contribution in [0.3, 0.4) is 0 Å². The van der Waals surface area contributed by atoms with Crippen molar-refractivity contribution in [3.63, 3.8) is 0 Å². The largest absolute Gasteiger partial charge is 0.489 e. The summed E-state index contributed by atoms with van der Waals surface area (Å²) in [6, 6.07) is 12.3. The molecule has 1 aromatic heterocycles. The molecule has 0 radical (unpaired) electrons. The van der Waals surface area contributed by atoms with Crippen molar-refractivity contribution in [1.29, 1.82) is 0 Å². The van der Waals surface area contributed by atoms with E-state index >= 15 is 0 Å². The zero-order valence-corrected chi connectivity index (χ0v) is 21.0. The lowest BCUT2D eigenvalue weighted by molar-refractivity contribution is -0.127. The molecule has 2 amide bonds. The summed E-state index contributed by atoms with van der Waals surface area (Å²) < 4.78 is 6.62. The lowest BCUT2D eigenvalue weighted by Crippen LogP contribution is -2.57. The Morgan fingerprint density at radius 2 is 1.89 bits per heavy atom. The summed E-state index contributed by atoms with van der Waals surface area (Å²) >= 11 is 0. The van der Waals surface area contributed by atoms with Crippen LogP contribution in [0.4, 0.5) is 0 Å². The maximum atomic E-state index is 13.0. The van der Waals surface area contributed by atoms with Crippen molar-refractivity contribution < 1.29 is 14.3 Å². The van der Waals surface area contributed by atoms with Gasteiger partial charge >= 0.3 is 0 Å². The van der Waals surface area contributed by atoms with Gasteiger partial charge in [-0.3, -0.25) is 19.6 Å². The number of hydrogen-bond donors (Lipinski definition) is 2. The molecule has 2 saturated heterocycles. The highest BCUT2D eigenvalue weighted by atomic mass is 16.5. The average molecular weight is 500 g/mol. The Kier molecular flexibility index (Phi) is 5.65. The third-order valence-corrected chi connectivity index (χ3v) is 8.83. The van der Waals surface area contributed by atoms with Gasteiger partial charge in [-0.1, -0.05) is 18.6 Å². The van der Waals surface area contributed by atoms with Crippen LogP contribution < -0.4 is 10.1 Å². The van der Waals surface area contributed by atoms with Crippen molar-refractivity contribution in [3.8, 4) is 5.75 Å². The van der Waals surface area contributed by atoms with Crippen LogP contribution in [0.1, 0.15) is 65.9 Å². The topological polar surface area (TPSA) is 90.6 Å². The smallest absolute Gasteiger partial charge is 0.255 e. The van der Waals surface area contributed by atoms with Crippen molar-refractivity contribution in [3.05, 3.63) is 59.3 Å². The Hall–Kier alpha value is -3.39. The van der Waals surface area contributed by atoms with E-state index in [1.807, 2.05) is 24.4 Å². The number of amides is 2. The zero-order chi connectivity index (χ0) is 24.9. The van der Waals surface area contributed by atoms with Gasteiger partial charge in [-0.2, -0.15) is 5.10 Å². The first-order valence-electron chi connectivity index (χ1n) is 13.7. The van der Waals surface area contributed by atoms with Crippen LogP contribution in [0.5, 0.6) is 5.75 Å². The van der Waals surface area contributed by atoms with E-state index in [2.05, 4.69) is 38.6 Å². The number of benzene rings is 2. The lowest BCUT2D eigenvalue weighted by Gasteiger charge is -2.48. The highest BCUT2D eigenvalue weighted by Crippen LogP contribution is 2.38. The van der Waals surface area contributed by atoms with Crippen molar-refractivity contribution in [2.45, 2.75) is 69.2 Å². The molecule has 8 heteroatoms. The summed E-state index contributed by atoms with van der Waals surface area (Å²) in [5, 5.41) is 11.5. The predicted octanol–water partition coefficient (Wildman–Crippen LogP) is 3.59. The van der Waals surface area contributed by atoms with Crippen LogP contribution in [-0.4, -0.2) is 69.6 Å². The van der Waals surface area contributed by atoms with Crippen molar-refractivity contribution >= 4 is 22.7 Å². The summed E-state index contributed by atoms with van der Waals surface area (Å²) in [7, 11) is 0. The molecule has 4 aliphatic rings. The second kappa shape index (κ2) is 9.17. The molecular formula is C29H33N5O3. The van der Waals surface area contributed by atoms with Crippen molar-refractivity contribution in [1.82, 2.24) is 25.3 Å². The lowest BCUT2D eigenvalue weighted by atomic mass is 9.83. The van der Waals surface area contributed by atoms with Crippen LogP contribution in [0.25, 0.3) is 10.9 Å². The molecule has 7 rings (SSSR count). The predicted molar refractivity (Wildman–Crippen MR) is 139 cm³/mol. The van der Waals surface area contributed by atoms with E-state index in [0.29, 0.717) is 30.6 Å².